The van der Waals surface area contributed by atoms with Crippen LogP contribution in [0.4, 0.5) is 0 Å². The number of phenols is 1. The smallest absolute Gasteiger partial charge is 0.161 e. The molecule has 0 aliphatic rings. The molecule has 2 aromatic carbocycles. The van der Waals surface area contributed by atoms with Gasteiger partial charge in [0.05, 0.1) is 54.7 Å². The van der Waals surface area contributed by atoms with E-state index in [1.807, 2.05) is 36.5 Å². The predicted octanol–water partition coefficient (Wildman–Crippen LogP) is 6.21. The number of benzene rings is 2. The van der Waals surface area contributed by atoms with Crippen LogP contribution in [-0.2, 0) is 6.54 Å². The number of fused-ring (bicyclic) bond motifs is 1. The summed E-state index contributed by atoms with van der Waals surface area (Å²) in [5.41, 5.74) is 3.29. The number of nitriles is 1. The number of aryl methyl sites for hydroxylation is 1. The molecule has 0 amide bonds. The molecule has 0 unspecified atom stereocenters. The topological polar surface area (TPSA) is 93.2 Å². The molecule has 0 aliphatic carbocycles. The number of aromatic nitrogens is 3. The molecule has 2 heterocycles. The second kappa shape index (κ2) is 10.0. The lowest BCUT2D eigenvalue weighted by Gasteiger charge is -2.09. The van der Waals surface area contributed by atoms with E-state index in [0.717, 1.165) is 11.1 Å². The Balaban J connectivity index is 1.76. The summed E-state index contributed by atoms with van der Waals surface area (Å²) in [6, 6.07) is 12.8. The number of nitrogens with zero attached hydrogens (tertiary/aromatic N) is 4. The van der Waals surface area contributed by atoms with E-state index in [4.69, 9.17) is 37.9 Å². The highest BCUT2D eigenvalue weighted by Crippen LogP contribution is 2.37. The molecule has 7 nitrogen and oxygen atoms in total. The van der Waals surface area contributed by atoms with Gasteiger partial charge in [0.15, 0.2) is 17.2 Å². The summed E-state index contributed by atoms with van der Waals surface area (Å²) in [7, 11) is 3.16. The lowest BCUT2D eigenvalue weighted by Crippen LogP contribution is -1.97. The number of hydrogen-bond acceptors (Lipinski definition) is 6. The van der Waals surface area contributed by atoms with Crippen molar-refractivity contribution in [3.63, 3.8) is 0 Å². The van der Waals surface area contributed by atoms with Crippen molar-refractivity contribution >= 4 is 46.3 Å². The van der Waals surface area contributed by atoms with Crippen molar-refractivity contribution in [3.05, 3.63) is 63.9 Å². The second-order valence-corrected chi connectivity index (χ2v) is 8.14. The van der Waals surface area contributed by atoms with Gasteiger partial charge in [-0.15, -0.1) is 0 Å². The molecule has 1 N–H and O–H groups in total. The third-order valence-corrected chi connectivity index (χ3v) is 5.81. The van der Waals surface area contributed by atoms with Crippen LogP contribution in [0.15, 0.2) is 42.6 Å². The van der Waals surface area contributed by atoms with Gasteiger partial charge >= 0.3 is 0 Å². The first-order valence-corrected chi connectivity index (χ1v) is 11.0. The largest absolute Gasteiger partial charge is 0.504 e. The van der Waals surface area contributed by atoms with Crippen LogP contribution >= 0.6 is 23.2 Å². The summed E-state index contributed by atoms with van der Waals surface area (Å²) in [6.07, 6.45) is 5.89. The third kappa shape index (κ3) is 4.65. The minimum atomic E-state index is -0.119. The number of halogens is 2. The van der Waals surface area contributed by atoms with E-state index >= 15 is 0 Å². The average molecular weight is 495 g/mol. The Labute approximate surface area is 206 Å². The van der Waals surface area contributed by atoms with E-state index in [2.05, 4.69) is 16.2 Å². The van der Waals surface area contributed by atoms with E-state index < -0.39 is 0 Å². The van der Waals surface area contributed by atoms with E-state index in [0.29, 0.717) is 51.8 Å². The predicted molar refractivity (Wildman–Crippen MR) is 133 cm³/mol. The van der Waals surface area contributed by atoms with Crippen molar-refractivity contribution in [3.8, 4) is 34.6 Å². The SMILES string of the molecule is COc1ccc(-c2nn(CCC#N)cc2C=Cc2ccc3c(Cl)cc(Cl)c(O)c3n2)cc1OC. The molecule has 0 fully saturated rings. The van der Waals surface area contributed by atoms with Gasteiger partial charge in [-0.3, -0.25) is 4.68 Å². The highest BCUT2D eigenvalue weighted by atomic mass is 35.5. The number of phenolic OH excluding ortho intramolecular Hbond substituents is 1. The zero-order chi connectivity index (χ0) is 24.2. The van der Waals surface area contributed by atoms with E-state index in [1.165, 1.54) is 6.07 Å². The molecule has 4 aromatic rings. The Morgan fingerprint density at radius 1 is 1.06 bits per heavy atom. The maximum Gasteiger partial charge on any atom is 0.161 e. The van der Waals surface area contributed by atoms with Gasteiger partial charge in [-0.2, -0.15) is 10.4 Å². The molecule has 2 aromatic heterocycles. The fourth-order valence-corrected chi connectivity index (χ4v) is 4.05. The molecular formula is C25H20Cl2N4O3. The van der Waals surface area contributed by atoms with Crippen molar-refractivity contribution in [1.29, 1.82) is 5.26 Å². The van der Waals surface area contributed by atoms with Crippen LogP contribution < -0.4 is 9.47 Å². The van der Waals surface area contributed by atoms with Crippen molar-refractivity contribution < 1.29 is 14.6 Å². The molecule has 4 rings (SSSR count). The zero-order valence-corrected chi connectivity index (χ0v) is 19.9. The molecule has 0 spiro atoms. The summed E-state index contributed by atoms with van der Waals surface area (Å²) in [5.74, 6) is 1.08. The number of ether oxygens (including phenoxy) is 2. The molecule has 0 saturated heterocycles. The van der Waals surface area contributed by atoms with Crippen molar-refractivity contribution in [2.45, 2.75) is 13.0 Å². The van der Waals surface area contributed by atoms with Crippen molar-refractivity contribution in [1.82, 2.24) is 14.8 Å². The number of aromatic hydroxyl groups is 1. The Hall–Kier alpha value is -3.73. The molecule has 0 radical (unpaired) electrons. The van der Waals surface area contributed by atoms with Crippen LogP contribution in [0.2, 0.25) is 10.0 Å². The van der Waals surface area contributed by atoms with Gasteiger partial charge in [-0.1, -0.05) is 23.2 Å². The van der Waals surface area contributed by atoms with E-state index in [1.54, 1.807) is 31.0 Å². The standard InChI is InChI=1S/C25H20Cl2N4O3/c1-33-21-9-5-15(12-22(21)34-2)23-16(14-31(30-23)11-3-10-28)4-6-17-7-8-18-19(26)13-20(27)25(32)24(18)29-17/h4-9,12-14,32H,3,11H2,1-2H3. The van der Waals surface area contributed by atoms with E-state index in [9.17, 15) is 5.11 Å². The van der Waals surface area contributed by atoms with Gasteiger partial charge in [-0.25, -0.2) is 4.98 Å². The van der Waals surface area contributed by atoms with Gasteiger partial charge in [-0.05, 0) is 48.6 Å². The summed E-state index contributed by atoms with van der Waals surface area (Å²) >= 11 is 12.3. The molecule has 0 aliphatic heterocycles. The fraction of sp³-hybridized carbons (Fsp3) is 0.160. The highest BCUT2D eigenvalue weighted by Gasteiger charge is 2.14. The van der Waals surface area contributed by atoms with E-state index in [-0.39, 0.29) is 10.8 Å². The monoisotopic (exact) mass is 494 g/mol. The van der Waals surface area contributed by atoms with Crippen LogP contribution in [0.25, 0.3) is 34.3 Å². The van der Waals surface area contributed by atoms with Crippen molar-refractivity contribution in [2.24, 2.45) is 0 Å². The fourth-order valence-electron chi connectivity index (χ4n) is 3.53. The average Bonchev–Trinajstić information content (AvgIpc) is 3.27. The summed E-state index contributed by atoms with van der Waals surface area (Å²) in [4.78, 5) is 4.51. The molecule has 34 heavy (non-hydrogen) atoms. The van der Waals surface area contributed by atoms with Crippen molar-refractivity contribution in [2.75, 3.05) is 14.2 Å². The molecule has 0 atom stereocenters. The number of methoxy groups -OCH3 is 2. The van der Waals surface area contributed by atoms with Crippen LogP contribution in [0.5, 0.6) is 17.2 Å². The summed E-state index contributed by atoms with van der Waals surface area (Å²) in [6.45, 7) is 0.462. The normalized spacial score (nSPS) is 11.1. The Kier molecular flexibility index (Phi) is 6.92. The minimum Gasteiger partial charge on any atom is -0.504 e. The first-order chi connectivity index (χ1) is 16.4. The minimum absolute atomic E-state index is 0.119. The lowest BCUT2D eigenvalue weighted by atomic mass is 10.1. The first kappa shape index (κ1) is 23.4. The van der Waals surface area contributed by atoms with Gasteiger partial charge in [0.2, 0.25) is 0 Å². The maximum atomic E-state index is 10.3. The summed E-state index contributed by atoms with van der Waals surface area (Å²) in [5, 5.41) is 25.1. The highest BCUT2D eigenvalue weighted by molar-refractivity contribution is 6.39. The molecule has 172 valence electrons. The number of pyridine rings is 1. The third-order valence-electron chi connectivity index (χ3n) is 5.21. The van der Waals surface area contributed by atoms with Gasteiger partial charge in [0.1, 0.15) is 5.52 Å². The van der Waals surface area contributed by atoms with Crippen LogP contribution in [0.1, 0.15) is 17.7 Å². The quantitative estimate of drug-likeness (QED) is 0.328. The van der Waals surface area contributed by atoms with Gasteiger partial charge in [0, 0.05) is 22.7 Å². The number of rotatable bonds is 7. The van der Waals surface area contributed by atoms with Crippen LogP contribution in [0, 0.1) is 11.3 Å². The van der Waals surface area contributed by atoms with Gasteiger partial charge in [0.25, 0.3) is 0 Å². The second-order valence-electron chi connectivity index (χ2n) is 7.33. The van der Waals surface area contributed by atoms with Crippen LogP contribution in [0.3, 0.4) is 0 Å². The Bertz CT molecular complexity index is 1440. The molecular weight excluding hydrogens is 475 g/mol. The molecule has 9 heteroatoms. The maximum absolute atomic E-state index is 10.3. The van der Waals surface area contributed by atoms with Crippen LogP contribution in [-0.4, -0.2) is 34.1 Å². The lowest BCUT2D eigenvalue weighted by molar-refractivity contribution is 0.355. The zero-order valence-electron chi connectivity index (χ0n) is 18.4. The summed E-state index contributed by atoms with van der Waals surface area (Å²) < 4.78 is 12.5. The number of hydrogen-bond donors (Lipinski definition) is 1. The van der Waals surface area contributed by atoms with Gasteiger partial charge < -0.3 is 14.6 Å². The Morgan fingerprint density at radius 2 is 1.85 bits per heavy atom. The molecule has 0 bridgehead atoms. The Morgan fingerprint density at radius 3 is 2.59 bits per heavy atom. The first-order valence-electron chi connectivity index (χ1n) is 10.3. The molecule has 0 saturated carbocycles.